The summed E-state index contributed by atoms with van der Waals surface area (Å²) in [6.07, 6.45) is -4.22. The highest BCUT2D eigenvalue weighted by molar-refractivity contribution is 5.85. The Kier molecular flexibility index (Phi) is 5.25. The largest absolute Gasteiger partial charge is 0.480 e. The van der Waals surface area contributed by atoms with Crippen LogP contribution in [-0.4, -0.2) is 36.2 Å². The molecule has 1 aromatic rings. The second-order valence-corrected chi connectivity index (χ2v) is 5.36. The molecule has 2 N–H and O–H groups in total. The molecule has 1 heterocycles. The minimum Gasteiger partial charge on any atom is -0.480 e. The van der Waals surface area contributed by atoms with Gasteiger partial charge in [-0.1, -0.05) is 18.2 Å². The molecule has 0 saturated carbocycles. The summed E-state index contributed by atoms with van der Waals surface area (Å²) in [5.74, 6) is -2.17. The van der Waals surface area contributed by atoms with Crippen LogP contribution in [0, 0.1) is 5.92 Å². The molecular formula is C15H16F3NO4. The van der Waals surface area contributed by atoms with E-state index in [9.17, 15) is 27.9 Å². The number of hydrogen-bond donors (Lipinski definition) is 2. The molecule has 1 amide bonds. The number of carboxylic acids is 1. The van der Waals surface area contributed by atoms with Crippen molar-refractivity contribution in [2.75, 3.05) is 13.2 Å². The Balaban J connectivity index is 2.07. The Hall–Kier alpha value is -2.09. The number of halogens is 3. The molecule has 1 saturated heterocycles. The molecule has 1 aliphatic heterocycles. The van der Waals surface area contributed by atoms with Gasteiger partial charge in [0, 0.05) is 13.0 Å². The van der Waals surface area contributed by atoms with E-state index < -0.39 is 35.6 Å². The van der Waals surface area contributed by atoms with Crippen LogP contribution >= 0.6 is 0 Å². The van der Waals surface area contributed by atoms with Gasteiger partial charge in [0.1, 0.15) is 6.04 Å². The Morgan fingerprint density at radius 1 is 1.39 bits per heavy atom. The molecule has 0 aliphatic carbocycles. The van der Waals surface area contributed by atoms with E-state index in [1.807, 2.05) is 0 Å². The van der Waals surface area contributed by atoms with Crippen molar-refractivity contribution in [2.24, 2.45) is 5.92 Å². The highest BCUT2D eigenvalue weighted by Crippen LogP contribution is 2.29. The zero-order chi connectivity index (χ0) is 17.0. The highest BCUT2D eigenvalue weighted by Gasteiger charge is 2.31. The molecule has 8 heteroatoms. The smallest absolute Gasteiger partial charge is 0.416 e. The van der Waals surface area contributed by atoms with Crippen molar-refractivity contribution in [1.82, 2.24) is 5.32 Å². The molecule has 1 fully saturated rings. The lowest BCUT2D eigenvalue weighted by atomic mass is 10.0. The topological polar surface area (TPSA) is 75.6 Å². The third kappa shape index (κ3) is 4.69. The van der Waals surface area contributed by atoms with Gasteiger partial charge < -0.3 is 15.2 Å². The monoisotopic (exact) mass is 331 g/mol. The van der Waals surface area contributed by atoms with Crippen LogP contribution in [-0.2, 0) is 26.9 Å². The quantitative estimate of drug-likeness (QED) is 0.863. The van der Waals surface area contributed by atoms with Gasteiger partial charge in [0.05, 0.1) is 18.1 Å². The second-order valence-electron chi connectivity index (χ2n) is 5.36. The van der Waals surface area contributed by atoms with E-state index in [0.29, 0.717) is 13.0 Å². The molecule has 2 atom stereocenters. The number of alkyl halides is 3. The molecule has 126 valence electrons. The summed E-state index contributed by atoms with van der Waals surface area (Å²) in [5, 5.41) is 11.6. The fraction of sp³-hybridized carbons (Fsp3) is 0.467. The number of ether oxygens (including phenoxy) is 1. The van der Waals surface area contributed by atoms with Crippen molar-refractivity contribution < 1.29 is 32.6 Å². The third-order valence-corrected chi connectivity index (χ3v) is 3.61. The average molecular weight is 331 g/mol. The number of carbonyl (C=O) groups excluding carboxylic acids is 1. The van der Waals surface area contributed by atoms with Gasteiger partial charge in [-0.2, -0.15) is 13.2 Å². The van der Waals surface area contributed by atoms with E-state index in [1.165, 1.54) is 12.1 Å². The predicted molar refractivity (Wildman–Crippen MR) is 73.6 cm³/mol. The van der Waals surface area contributed by atoms with Gasteiger partial charge in [0.25, 0.3) is 0 Å². The molecule has 0 bridgehead atoms. The first-order valence-corrected chi connectivity index (χ1v) is 7.04. The molecule has 1 aromatic carbocycles. The number of hydrogen-bond acceptors (Lipinski definition) is 3. The van der Waals surface area contributed by atoms with Gasteiger partial charge in [-0.25, -0.2) is 4.79 Å². The SMILES string of the molecule is O=C(N[C@@H](Cc1cccc(C(F)(F)F)c1)C(=O)O)[C@@H]1CCOC1. The van der Waals surface area contributed by atoms with E-state index in [0.717, 1.165) is 12.1 Å². The van der Waals surface area contributed by atoms with Crippen LogP contribution in [0.2, 0.25) is 0 Å². The summed E-state index contributed by atoms with van der Waals surface area (Å²) in [7, 11) is 0. The normalized spacial score (nSPS) is 19.3. The van der Waals surface area contributed by atoms with Gasteiger partial charge in [0.2, 0.25) is 5.91 Å². The molecule has 0 spiro atoms. The van der Waals surface area contributed by atoms with Crippen LogP contribution in [0.15, 0.2) is 24.3 Å². The zero-order valence-electron chi connectivity index (χ0n) is 12.1. The lowest BCUT2D eigenvalue weighted by Crippen LogP contribution is -2.45. The minimum atomic E-state index is -4.50. The van der Waals surface area contributed by atoms with Crippen molar-refractivity contribution in [3.05, 3.63) is 35.4 Å². The van der Waals surface area contributed by atoms with Gasteiger partial charge in [-0.3, -0.25) is 4.79 Å². The maximum atomic E-state index is 12.7. The highest BCUT2D eigenvalue weighted by atomic mass is 19.4. The van der Waals surface area contributed by atoms with Gasteiger partial charge in [0.15, 0.2) is 0 Å². The van der Waals surface area contributed by atoms with E-state index in [1.54, 1.807) is 0 Å². The molecule has 23 heavy (non-hydrogen) atoms. The number of benzene rings is 1. The van der Waals surface area contributed by atoms with Crippen molar-refractivity contribution in [1.29, 1.82) is 0 Å². The number of carboxylic acid groups (broad SMARTS) is 1. The minimum absolute atomic E-state index is 0.190. The maximum Gasteiger partial charge on any atom is 0.416 e. The Morgan fingerprint density at radius 2 is 2.13 bits per heavy atom. The Bertz CT molecular complexity index is 582. The first-order valence-electron chi connectivity index (χ1n) is 7.04. The van der Waals surface area contributed by atoms with Gasteiger partial charge in [-0.15, -0.1) is 0 Å². The maximum absolute atomic E-state index is 12.7. The van der Waals surface area contributed by atoms with Crippen LogP contribution in [0.3, 0.4) is 0 Å². The van der Waals surface area contributed by atoms with E-state index in [4.69, 9.17) is 4.74 Å². The van der Waals surface area contributed by atoms with Crippen LogP contribution in [0.1, 0.15) is 17.5 Å². The zero-order valence-corrected chi connectivity index (χ0v) is 12.1. The molecule has 5 nitrogen and oxygen atoms in total. The lowest BCUT2D eigenvalue weighted by molar-refractivity contribution is -0.142. The van der Waals surface area contributed by atoms with Gasteiger partial charge >= 0.3 is 12.1 Å². The average Bonchev–Trinajstić information content (AvgIpc) is 3.00. The van der Waals surface area contributed by atoms with E-state index in [2.05, 4.69) is 5.32 Å². The first-order chi connectivity index (χ1) is 10.8. The molecule has 0 radical (unpaired) electrons. The molecule has 0 aromatic heterocycles. The summed E-state index contributed by atoms with van der Waals surface area (Å²) in [6, 6.07) is 3.13. The van der Waals surface area contributed by atoms with Crippen molar-refractivity contribution in [3.63, 3.8) is 0 Å². The number of aliphatic carboxylic acids is 1. The molecule has 1 aliphatic rings. The van der Waals surface area contributed by atoms with Crippen LogP contribution in [0.25, 0.3) is 0 Å². The summed E-state index contributed by atoms with van der Waals surface area (Å²) >= 11 is 0. The third-order valence-electron chi connectivity index (χ3n) is 3.61. The molecule has 0 unspecified atom stereocenters. The fourth-order valence-electron chi connectivity index (χ4n) is 2.34. The van der Waals surface area contributed by atoms with Crippen molar-refractivity contribution in [3.8, 4) is 0 Å². The number of amides is 1. The summed E-state index contributed by atoms with van der Waals surface area (Å²) < 4.78 is 43.1. The number of carbonyl (C=O) groups is 2. The number of rotatable bonds is 5. The second kappa shape index (κ2) is 6.99. The number of nitrogens with one attached hydrogen (secondary N) is 1. The van der Waals surface area contributed by atoms with E-state index >= 15 is 0 Å². The van der Waals surface area contributed by atoms with Gasteiger partial charge in [-0.05, 0) is 18.1 Å². The molecular weight excluding hydrogens is 315 g/mol. The lowest BCUT2D eigenvalue weighted by Gasteiger charge is -2.17. The Labute approximate surface area is 130 Å². The van der Waals surface area contributed by atoms with Crippen LogP contribution in [0.5, 0.6) is 0 Å². The van der Waals surface area contributed by atoms with Crippen molar-refractivity contribution in [2.45, 2.75) is 25.1 Å². The molecule has 2 rings (SSSR count). The van der Waals surface area contributed by atoms with E-state index in [-0.39, 0.29) is 18.6 Å². The summed E-state index contributed by atoms with van der Waals surface area (Å²) in [5.41, 5.74) is -0.662. The standard InChI is InChI=1S/C15H16F3NO4/c16-15(17,18)11-3-1-2-9(6-11)7-12(14(21)22)19-13(20)10-4-5-23-8-10/h1-3,6,10,12H,4-5,7-8H2,(H,19,20)(H,21,22)/t10-,12+/m1/s1. The predicted octanol–water partition coefficient (Wildman–Crippen LogP) is 1.85. The van der Waals surface area contributed by atoms with Crippen LogP contribution in [0.4, 0.5) is 13.2 Å². The van der Waals surface area contributed by atoms with Crippen molar-refractivity contribution >= 4 is 11.9 Å². The first kappa shape index (κ1) is 17.3. The Morgan fingerprint density at radius 3 is 2.70 bits per heavy atom. The fourth-order valence-corrected chi connectivity index (χ4v) is 2.34. The van der Waals surface area contributed by atoms with Crippen LogP contribution < -0.4 is 5.32 Å². The summed E-state index contributed by atoms with van der Waals surface area (Å²) in [4.78, 5) is 23.2. The summed E-state index contributed by atoms with van der Waals surface area (Å²) in [6.45, 7) is 0.658.